The monoisotopic (exact) mass is 194 g/mol. The predicted molar refractivity (Wildman–Crippen MR) is 57.8 cm³/mol. The molecule has 0 spiro atoms. The van der Waals surface area contributed by atoms with Crippen LogP contribution in [-0.2, 0) is 5.60 Å². The second-order valence-electron chi connectivity index (χ2n) is 4.25. The van der Waals surface area contributed by atoms with Gasteiger partial charge in [0.2, 0.25) is 0 Å². The van der Waals surface area contributed by atoms with Gasteiger partial charge in [-0.3, -0.25) is 0 Å². The molecule has 14 heavy (non-hydrogen) atoms. The van der Waals surface area contributed by atoms with Gasteiger partial charge in [-0.1, -0.05) is 13.8 Å². The third-order valence-corrected chi connectivity index (χ3v) is 2.72. The minimum Gasteiger partial charge on any atom is -0.385 e. The van der Waals surface area contributed by atoms with Crippen molar-refractivity contribution in [3.05, 3.63) is 23.4 Å². The molecule has 0 saturated carbocycles. The van der Waals surface area contributed by atoms with E-state index < -0.39 is 5.60 Å². The summed E-state index contributed by atoms with van der Waals surface area (Å²) in [6.45, 7) is 7.63. The van der Waals surface area contributed by atoms with Crippen molar-refractivity contribution < 1.29 is 5.11 Å². The highest BCUT2D eigenvalue weighted by molar-refractivity contribution is 5.44. The lowest BCUT2D eigenvalue weighted by Crippen LogP contribution is -2.29. The number of anilines is 1. The number of nitrogen functional groups attached to an aromatic ring is 1. The number of rotatable bonds is 2. The highest BCUT2D eigenvalue weighted by atomic mass is 16.3. The van der Waals surface area contributed by atoms with Crippen molar-refractivity contribution in [2.75, 3.05) is 5.73 Å². The van der Waals surface area contributed by atoms with Crippen LogP contribution in [0.15, 0.2) is 12.3 Å². The molecule has 0 aliphatic carbocycles. The van der Waals surface area contributed by atoms with Crippen LogP contribution >= 0.6 is 0 Å². The first-order valence-electron chi connectivity index (χ1n) is 4.80. The Morgan fingerprint density at radius 2 is 2.07 bits per heavy atom. The van der Waals surface area contributed by atoms with Gasteiger partial charge in [0.25, 0.3) is 0 Å². The minimum atomic E-state index is -0.914. The number of aryl methyl sites for hydroxylation is 1. The normalized spacial score (nSPS) is 15.6. The van der Waals surface area contributed by atoms with Gasteiger partial charge in [0, 0.05) is 11.8 Å². The van der Waals surface area contributed by atoms with Crippen molar-refractivity contribution in [3.63, 3.8) is 0 Å². The zero-order valence-electron chi connectivity index (χ0n) is 9.20. The Morgan fingerprint density at radius 3 is 2.57 bits per heavy atom. The van der Waals surface area contributed by atoms with Gasteiger partial charge in [-0.25, -0.2) is 4.98 Å². The van der Waals surface area contributed by atoms with Gasteiger partial charge in [0.15, 0.2) is 0 Å². The van der Waals surface area contributed by atoms with Crippen LogP contribution in [0.1, 0.15) is 31.9 Å². The molecule has 1 aromatic heterocycles. The molecule has 3 heteroatoms. The van der Waals surface area contributed by atoms with E-state index in [1.165, 1.54) is 0 Å². The fourth-order valence-electron chi connectivity index (χ4n) is 1.30. The lowest BCUT2D eigenvalue weighted by Gasteiger charge is -2.29. The molecule has 3 nitrogen and oxygen atoms in total. The second-order valence-corrected chi connectivity index (χ2v) is 4.25. The van der Waals surface area contributed by atoms with E-state index in [9.17, 15) is 5.11 Å². The number of hydrogen-bond donors (Lipinski definition) is 2. The summed E-state index contributed by atoms with van der Waals surface area (Å²) in [7, 11) is 0. The zero-order chi connectivity index (χ0) is 10.9. The quantitative estimate of drug-likeness (QED) is 0.755. The number of nitrogens with two attached hydrogens (primary N) is 1. The van der Waals surface area contributed by atoms with Crippen molar-refractivity contribution in [2.45, 2.75) is 33.3 Å². The van der Waals surface area contributed by atoms with E-state index in [4.69, 9.17) is 5.73 Å². The fourth-order valence-corrected chi connectivity index (χ4v) is 1.30. The molecule has 1 aromatic rings. The van der Waals surface area contributed by atoms with Crippen LogP contribution in [0.3, 0.4) is 0 Å². The largest absolute Gasteiger partial charge is 0.385 e. The van der Waals surface area contributed by atoms with E-state index in [1.54, 1.807) is 13.1 Å². The average molecular weight is 194 g/mol. The molecule has 0 saturated heterocycles. The topological polar surface area (TPSA) is 59.1 Å². The van der Waals surface area contributed by atoms with Crippen LogP contribution in [0.5, 0.6) is 0 Å². The Hall–Kier alpha value is -1.09. The van der Waals surface area contributed by atoms with Gasteiger partial charge >= 0.3 is 0 Å². The molecule has 3 N–H and O–H groups in total. The minimum absolute atomic E-state index is 0.105. The molecule has 78 valence electrons. The highest BCUT2D eigenvalue weighted by Crippen LogP contribution is 2.32. The SMILES string of the molecule is Cc1cnc(N)c(C(C)(O)C(C)C)c1. The van der Waals surface area contributed by atoms with Crippen LogP contribution in [-0.4, -0.2) is 10.1 Å². The molecule has 0 radical (unpaired) electrons. The molecule has 1 rings (SSSR count). The summed E-state index contributed by atoms with van der Waals surface area (Å²) in [4.78, 5) is 4.05. The van der Waals surface area contributed by atoms with E-state index in [0.717, 1.165) is 5.56 Å². The smallest absolute Gasteiger partial charge is 0.129 e. The average Bonchev–Trinajstić information content (AvgIpc) is 2.08. The van der Waals surface area contributed by atoms with Crippen molar-refractivity contribution >= 4 is 5.82 Å². The zero-order valence-corrected chi connectivity index (χ0v) is 9.20. The standard InChI is InChI=1S/C11H18N2O/c1-7(2)11(4,14)9-5-8(3)6-13-10(9)12/h5-7,14H,1-4H3,(H2,12,13). The lowest BCUT2D eigenvalue weighted by molar-refractivity contribution is 0.00948. The van der Waals surface area contributed by atoms with E-state index in [1.807, 2.05) is 26.8 Å². The molecular weight excluding hydrogens is 176 g/mol. The summed E-state index contributed by atoms with van der Waals surface area (Å²) >= 11 is 0. The summed E-state index contributed by atoms with van der Waals surface area (Å²) in [5.74, 6) is 0.516. The first-order valence-corrected chi connectivity index (χ1v) is 4.80. The van der Waals surface area contributed by atoms with Crippen LogP contribution in [0.4, 0.5) is 5.82 Å². The van der Waals surface area contributed by atoms with Crippen molar-refractivity contribution in [3.8, 4) is 0 Å². The molecule has 0 fully saturated rings. The van der Waals surface area contributed by atoms with Gasteiger partial charge in [-0.05, 0) is 31.4 Å². The van der Waals surface area contributed by atoms with Gasteiger partial charge < -0.3 is 10.8 Å². The van der Waals surface area contributed by atoms with Gasteiger partial charge in [-0.15, -0.1) is 0 Å². The van der Waals surface area contributed by atoms with E-state index in [2.05, 4.69) is 4.98 Å². The molecule has 0 aromatic carbocycles. The maximum atomic E-state index is 10.2. The molecule has 1 heterocycles. The van der Waals surface area contributed by atoms with Gasteiger partial charge in [-0.2, -0.15) is 0 Å². The number of hydrogen-bond acceptors (Lipinski definition) is 3. The summed E-state index contributed by atoms with van der Waals surface area (Å²) in [5.41, 5.74) is 6.55. The molecule has 1 atom stereocenters. The van der Waals surface area contributed by atoms with Crippen LogP contribution < -0.4 is 5.73 Å². The molecule has 0 bridgehead atoms. The Balaban J connectivity index is 3.24. The van der Waals surface area contributed by atoms with E-state index in [0.29, 0.717) is 11.4 Å². The maximum absolute atomic E-state index is 10.2. The molecular formula is C11H18N2O. The molecule has 1 unspecified atom stereocenters. The number of nitrogens with zero attached hydrogens (tertiary/aromatic N) is 1. The van der Waals surface area contributed by atoms with Crippen LogP contribution in [0.2, 0.25) is 0 Å². The fraction of sp³-hybridized carbons (Fsp3) is 0.545. The molecule has 0 amide bonds. The number of aromatic nitrogens is 1. The van der Waals surface area contributed by atoms with Crippen LogP contribution in [0.25, 0.3) is 0 Å². The second kappa shape index (κ2) is 3.58. The first-order chi connectivity index (χ1) is 6.35. The van der Waals surface area contributed by atoms with Crippen molar-refractivity contribution in [1.29, 1.82) is 0 Å². The lowest BCUT2D eigenvalue weighted by atomic mass is 9.85. The Bertz CT molecular complexity index is 332. The highest BCUT2D eigenvalue weighted by Gasteiger charge is 2.29. The van der Waals surface area contributed by atoms with E-state index in [-0.39, 0.29) is 5.92 Å². The number of pyridine rings is 1. The van der Waals surface area contributed by atoms with Crippen molar-refractivity contribution in [1.82, 2.24) is 4.98 Å². The predicted octanol–water partition coefficient (Wildman–Crippen LogP) is 1.84. The van der Waals surface area contributed by atoms with E-state index >= 15 is 0 Å². The third-order valence-electron chi connectivity index (χ3n) is 2.72. The summed E-state index contributed by atoms with van der Waals surface area (Å²) < 4.78 is 0. The van der Waals surface area contributed by atoms with Gasteiger partial charge in [0.1, 0.15) is 5.82 Å². The first kappa shape index (κ1) is 11.0. The Labute approximate surface area is 85.0 Å². The number of aliphatic hydroxyl groups is 1. The Kier molecular flexibility index (Phi) is 2.81. The van der Waals surface area contributed by atoms with Crippen LogP contribution in [0, 0.1) is 12.8 Å². The Morgan fingerprint density at radius 1 is 1.50 bits per heavy atom. The van der Waals surface area contributed by atoms with Gasteiger partial charge in [0.05, 0.1) is 5.60 Å². The maximum Gasteiger partial charge on any atom is 0.129 e. The molecule has 0 aliphatic rings. The summed E-state index contributed by atoms with van der Waals surface area (Å²) in [6, 6.07) is 1.89. The molecule has 0 aliphatic heterocycles. The summed E-state index contributed by atoms with van der Waals surface area (Å²) in [6.07, 6.45) is 1.70. The third kappa shape index (κ3) is 1.87. The summed E-state index contributed by atoms with van der Waals surface area (Å²) in [5, 5.41) is 10.2. The van der Waals surface area contributed by atoms with Crippen molar-refractivity contribution in [2.24, 2.45) is 5.92 Å².